The second kappa shape index (κ2) is 5.77. The minimum atomic E-state index is -0.756. The molecule has 2 N–H and O–H groups in total. The van der Waals surface area contributed by atoms with Crippen LogP contribution in [0.4, 0.5) is 0 Å². The quantitative estimate of drug-likeness (QED) is 0.912. The van der Waals surface area contributed by atoms with Crippen molar-refractivity contribution in [1.82, 2.24) is 0 Å². The molecule has 0 fully saturated rings. The number of rotatable bonds is 3. The van der Waals surface area contributed by atoms with Crippen LogP contribution >= 0.6 is 0 Å². The lowest BCUT2D eigenvalue weighted by molar-refractivity contribution is 0.0883. The number of methoxy groups -OCH3 is 2. The molecule has 22 heavy (non-hydrogen) atoms. The summed E-state index contributed by atoms with van der Waals surface area (Å²) in [5, 5.41) is 20.5. The summed E-state index contributed by atoms with van der Waals surface area (Å²) < 4.78 is 15.9. The maximum absolute atomic E-state index is 10.6. The minimum Gasteiger partial charge on any atom is -0.504 e. The molecule has 0 saturated heterocycles. The number of aromatic hydroxyl groups is 1. The molecule has 0 amide bonds. The molecule has 1 heterocycles. The number of phenolic OH excluding ortho intramolecular Hbond substituents is 1. The Morgan fingerprint density at radius 2 is 1.82 bits per heavy atom. The largest absolute Gasteiger partial charge is 0.504 e. The molecule has 1 aliphatic heterocycles. The molecule has 0 unspecified atom stereocenters. The van der Waals surface area contributed by atoms with Crippen LogP contribution in [-0.4, -0.2) is 31.0 Å². The van der Waals surface area contributed by atoms with Crippen LogP contribution in [0.15, 0.2) is 36.4 Å². The Morgan fingerprint density at radius 3 is 2.45 bits per heavy atom. The monoisotopic (exact) mass is 302 g/mol. The summed E-state index contributed by atoms with van der Waals surface area (Å²) >= 11 is 0. The van der Waals surface area contributed by atoms with Crippen molar-refractivity contribution in [3.05, 3.63) is 47.5 Å². The van der Waals surface area contributed by atoms with E-state index in [1.165, 1.54) is 13.2 Å². The van der Waals surface area contributed by atoms with Crippen LogP contribution in [-0.2, 0) is 0 Å². The Bertz CT molecular complexity index is 665. The third-order valence-electron chi connectivity index (χ3n) is 3.97. The van der Waals surface area contributed by atoms with Gasteiger partial charge in [-0.05, 0) is 23.8 Å². The molecule has 2 aromatic rings. The van der Waals surface area contributed by atoms with E-state index in [2.05, 4.69) is 0 Å². The fraction of sp³-hybridized carbons (Fsp3) is 0.294. The molecule has 1 aliphatic rings. The summed E-state index contributed by atoms with van der Waals surface area (Å²) in [6.45, 7) is 0.356. The first-order chi connectivity index (χ1) is 10.6. The highest BCUT2D eigenvalue weighted by Crippen LogP contribution is 2.45. The van der Waals surface area contributed by atoms with Gasteiger partial charge in [-0.25, -0.2) is 0 Å². The first-order valence-electron chi connectivity index (χ1n) is 6.99. The number of ether oxygens (including phenoxy) is 3. The molecular formula is C17H18O5. The number of benzene rings is 2. The normalized spacial score (nSPS) is 20.0. The van der Waals surface area contributed by atoms with Gasteiger partial charge in [-0.1, -0.05) is 12.1 Å². The zero-order valence-corrected chi connectivity index (χ0v) is 12.4. The van der Waals surface area contributed by atoms with Crippen molar-refractivity contribution in [3.63, 3.8) is 0 Å². The highest BCUT2D eigenvalue weighted by molar-refractivity contribution is 5.52. The molecule has 3 rings (SSSR count). The van der Waals surface area contributed by atoms with Crippen LogP contribution < -0.4 is 14.2 Å². The van der Waals surface area contributed by atoms with Crippen molar-refractivity contribution in [2.75, 3.05) is 20.8 Å². The molecule has 2 aromatic carbocycles. The molecule has 0 aliphatic carbocycles. The summed E-state index contributed by atoms with van der Waals surface area (Å²) in [6.07, 6.45) is -0.756. The van der Waals surface area contributed by atoms with Gasteiger partial charge in [0, 0.05) is 17.5 Å². The third kappa shape index (κ3) is 2.44. The van der Waals surface area contributed by atoms with Gasteiger partial charge in [0.25, 0.3) is 0 Å². The zero-order valence-electron chi connectivity index (χ0n) is 12.4. The van der Waals surface area contributed by atoms with E-state index in [0.29, 0.717) is 23.7 Å². The van der Waals surface area contributed by atoms with Crippen LogP contribution in [0, 0.1) is 0 Å². The Kier molecular flexibility index (Phi) is 3.81. The van der Waals surface area contributed by atoms with E-state index in [1.807, 2.05) is 24.3 Å². The maximum atomic E-state index is 10.6. The van der Waals surface area contributed by atoms with E-state index < -0.39 is 6.10 Å². The predicted molar refractivity (Wildman–Crippen MR) is 80.8 cm³/mol. The summed E-state index contributed by atoms with van der Waals surface area (Å²) in [5.41, 5.74) is 1.51. The van der Waals surface area contributed by atoms with E-state index in [-0.39, 0.29) is 11.7 Å². The molecule has 116 valence electrons. The summed E-state index contributed by atoms with van der Waals surface area (Å²) in [7, 11) is 3.08. The third-order valence-corrected chi connectivity index (χ3v) is 3.97. The highest BCUT2D eigenvalue weighted by Gasteiger charge is 2.32. The standard InChI is InChI=1S/C17H18O5/c1-20-11-5-3-10(4-6-11)13-9-22-15-8-16(21-2)14(18)7-12(15)17(13)19/h3-8,13,17-19H,9H2,1-2H3/t13-,17+/m0/s1. The van der Waals surface area contributed by atoms with Gasteiger partial charge < -0.3 is 24.4 Å². The average molecular weight is 302 g/mol. The molecule has 5 nitrogen and oxygen atoms in total. The summed E-state index contributed by atoms with van der Waals surface area (Å²) in [5.74, 6) is 1.41. The summed E-state index contributed by atoms with van der Waals surface area (Å²) in [6, 6.07) is 10.6. The van der Waals surface area contributed by atoms with Gasteiger partial charge >= 0.3 is 0 Å². The van der Waals surface area contributed by atoms with E-state index in [9.17, 15) is 10.2 Å². The number of phenols is 1. The van der Waals surface area contributed by atoms with E-state index in [1.54, 1.807) is 13.2 Å². The molecule has 0 aromatic heterocycles. The molecule has 0 saturated carbocycles. The second-order valence-electron chi connectivity index (χ2n) is 5.20. The molecular weight excluding hydrogens is 284 g/mol. The lowest BCUT2D eigenvalue weighted by Gasteiger charge is -2.31. The molecule has 2 atom stereocenters. The van der Waals surface area contributed by atoms with E-state index in [4.69, 9.17) is 14.2 Å². The number of hydrogen-bond donors (Lipinski definition) is 2. The number of hydrogen-bond acceptors (Lipinski definition) is 5. The number of aliphatic hydroxyl groups is 1. The van der Waals surface area contributed by atoms with Crippen LogP contribution in [0.1, 0.15) is 23.1 Å². The van der Waals surface area contributed by atoms with Gasteiger partial charge in [-0.2, -0.15) is 0 Å². The summed E-state index contributed by atoms with van der Waals surface area (Å²) in [4.78, 5) is 0. The first kappa shape index (κ1) is 14.5. The Morgan fingerprint density at radius 1 is 1.09 bits per heavy atom. The topological polar surface area (TPSA) is 68.2 Å². The van der Waals surface area contributed by atoms with Crippen molar-refractivity contribution >= 4 is 0 Å². The van der Waals surface area contributed by atoms with Gasteiger partial charge in [0.15, 0.2) is 11.5 Å². The van der Waals surface area contributed by atoms with E-state index >= 15 is 0 Å². The van der Waals surface area contributed by atoms with Crippen LogP contribution in [0.2, 0.25) is 0 Å². The molecule has 5 heteroatoms. The highest BCUT2D eigenvalue weighted by atomic mass is 16.5. The number of aliphatic hydroxyl groups excluding tert-OH is 1. The molecule has 0 spiro atoms. The fourth-order valence-electron chi connectivity index (χ4n) is 2.70. The average Bonchev–Trinajstić information content (AvgIpc) is 2.55. The molecule has 0 radical (unpaired) electrons. The van der Waals surface area contributed by atoms with Crippen LogP contribution in [0.5, 0.6) is 23.0 Å². The minimum absolute atomic E-state index is 0.0146. The van der Waals surface area contributed by atoms with Gasteiger partial charge in [0.05, 0.1) is 26.9 Å². The predicted octanol–water partition coefficient (Wildman–Crippen LogP) is 2.62. The fourth-order valence-corrected chi connectivity index (χ4v) is 2.70. The van der Waals surface area contributed by atoms with Crippen molar-refractivity contribution < 1.29 is 24.4 Å². The maximum Gasteiger partial charge on any atom is 0.164 e. The van der Waals surface area contributed by atoms with Crippen LogP contribution in [0.3, 0.4) is 0 Å². The smallest absolute Gasteiger partial charge is 0.164 e. The van der Waals surface area contributed by atoms with Crippen LogP contribution in [0.25, 0.3) is 0 Å². The lowest BCUT2D eigenvalue weighted by Crippen LogP contribution is -2.24. The van der Waals surface area contributed by atoms with Crippen molar-refractivity contribution in [3.8, 4) is 23.0 Å². The van der Waals surface area contributed by atoms with Gasteiger partial charge in [-0.3, -0.25) is 0 Å². The lowest BCUT2D eigenvalue weighted by atomic mass is 9.87. The van der Waals surface area contributed by atoms with Crippen molar-refractivity contribution in [2.24, 2.45) is 0 Å². The van der Waals surface area contributed by atoms with Gasteiger partial charge in [0.2, 0.25) is 0 Å². The zero-order chi connectivity index (χ0) is 15.7. The Balaban J connectivity index is 1.93. The second-order valence-corrected chi connectivity index (χ2v) is 5.20. The first-order valence-corrected chi connectivity index (χ1v) is 6.99. The van der Waals surface area contributed by atoms with Crippen molar-refractivity contribution in [2.45, 2.75) is 12.0 Å². The number of fused-ring (bicyclic) bond motifs is 1. The SMILES string of the molecule is COc1ccc([C@@H]2COc3cc(OC)c(O)cc3[C@H]2O)cc1. The molecule has 0 bridgehead atoms. The van der Waals surface area contributed by atoms with Gasteiger partial charge in [-0.15, -0.1) is 0 Å². The van der Waals surface area contributed by atoms with Crippen molar-refractivity contribution in [1.29, 1.82) is 0 Å². The van der Waals surface area contributed by atoms with Gasteiger partial charge in [0.1, 0.15) is 11.5 Å². The Labute approximate surface area is 128 Å². The van der Waals surface area contributed by atoms with E-state index in [0.717, 1.165) is 11.3 Å². The Hall–Kier alpha value is -2.40.